The van der Waals surface area contributed by atoms with E-state index in [4.69, 9.17) is 14.1 Å². The fraction of sp³-hybridized carbons (Fsp3) is 0.156. The van der Waals surface area contributed by atoms with Gasteiger partial charge in [-0.25, -0.2) is 27.2 Å². The van der Waals surface area contributed by atoms with Gasteiger partial charge in [-0.15, -0.1) is 0 Å². The van der Waals surface area contributed by atoms with Crippen LogP contribution in [-0.4, -0.2) is 42.0 Å². The second kappa shape index (κ2) is 9.98. The van der Waals surface area contributed by atoms with Crippen LogP contribution in [-0.2, 0) is 16.8 Å². The first-order chi connectivity index (χ1) is 21.0. The highest BCUT2D eigenvalue weighted by molar-refractivity contribution is 7.92. The van der Waals surface area contributed by atoms with Gasteiger partial charge in [-0.1, -0.05) is 6.92 Å². The van der Waals surface area contributed by atoms with Gasteiger partial charge in [0.2, 0.25) is 10.0 Å². The third-order valence-electron chi connectivity index (χ3n) is 7.80. The van der Waals surface area contributed by atoms with Crippen LogP contribution in [0.1, 0.15) is 23.7 Å². The highest BCUT2D eigenvalue weighted by atomic mass is 32.2. The van der Waals surface area contributed by atoms with Crippen molar-refractivity contribution in [3.8, 4) is 39.8 Å². The van der Waals surface area contributed by atoms with Gasteiger partial charge in [-0.2, -0.15) is 0 Å². The Kier molecular flexibility index (Phi) is 6.29. The number of fused-ring (bicyclic) bond motifs is 6. The molecule has 0 saturated carbocycles. The van der Waals surface area contributed by atoms with Gasteiger partial charge in [0.25, 0.3) is 0 Å². The standard InChI is InChI=1S/C32H24F2N4O5S/c1-4-26(39)29-22-13-21(24(37(2)44(3,40)41)14-27(22)43-31(29)17-5-7-19(33)8-6-17)32-35-15-28-30(36-32)25-12-18-11-20(34)9-10-23(18)38(25)16-42-28/h5-15H,4,16H2,1-3H3. The summed E-state index contributed by atoms with van der Waals surface area (Å²) in [5.74, 6) is -0.200. The van der Waals surface area contributed by atoms with E-state index in [-0.39, 0.29) is 53.2 Å². The summed E-state index contributed by atoms with van der Waals surface area (Å²) < 4.78 is 68.3. The molecule has 1 aliphatic rings. The van der Waals surface area contributed by atoms with E-state index >= 15 is 0 Å². The number of ketones is 1. The van der Waals surface area contributed by atoms with E-state index in [1.807, 2.05) is 10.6 Å². The summed E-state index contributed by atoms with van der Waals surface area (Å²) in [5, 5.41) is 1.10. The average molecular weight is 615 g/mol. The Morgan fingerprint density at radius 3 is 2.52 bits per heavy atom. The van der Waals surface area contributed by atoms with Crippen LogP contribution in [0.5, 0.6) is 5.75 Å². The van der Waals surface area contributed by atoms with Crippen LogP contribution in [0, 0.1) is 11.6 Å². The van der Waals surface area contributed by atoms with Gasteiger partial charge in [0.05, 0.1) is 34.9 Å². The highest BCUT2D eigenvalue weighted by Gasteiger charge is 2.28. The van der Waals surface area contributed by atoms with Crippen molar-refractivity contribution in [3.05, 3.63) is 84.1 Å². The molecule has 0 saturated heterocycles. The van der Waals surface area contributed by atoms with Crippen molar-refractivity contribution >= 4 is 43.4 Å². The molecular weight excluding hydrogens is 590 g/mol. The first kappa shape index (κ1) is 27.7. The van der Waals surface area contributed by atoms with Crippen LogP contribution < -0.4 is 9.04 Å². The molecule has 1 aliphatic heterocycles. The largest absolute Gasteiger partial charge is 0.469 e. The van der Waals surface area contributed by atoms with E-state index in [1.54, 1.807) is 19.1 Å². The first-order valence-electron chi connectivity index (χ1n) is 13.7. The second-order valence-corrected chi connectivity index (χ2v) is 12.5. The van der Waals surface area contributed by atoms with E-state index in [1.165, 1.54) is 55.7 Å². The van der Waals surface area contributed by atoms with E-state index in [0.717, 1.165) is 16.1 Å². The summed E-state index contributed by atoms with van der Waals surface area (Å²) in [4.78, 5) is 22.6. The number of nitrogens with zero attached hydrogens (tertiary/aromatic N) is 4. The van der Waals surface area contributed by atoms with Crippen LogP contribution in [0.25, 0.3) is 56.0 Å². The minimum Gasteiger partial charge on any atom is -0.469 e. The Balaban J connectivity index is 1.49. The number of ether oxygens (including phenoxy) is 1. The van der Waals surface area contributed by atoms with E-state index < -0.39 is 15.8 Å². The molecule has 3 aromatic carbocycles. The molecule has 0 spiro atoms. The van der Waals surface area contributed by atoms with Gasteiger partial charge in [0.15, 0.2) is 24.1 Å². The molecular formula is C32H24F2N4O5S. The fourth-order valence-corrected chi connectivity index (χ4v) is 6.02. The number of Topliss-reactive ketones (excluding diaryl/α,β-unsaturated/α-hetero) is 1. The van der Waals surface area contributed by atoms with E-state index in [0.29, 0.717) is 39.0 Å². The molecule has 0 fully saturated rings. The van der Waals surface area contributed by atoms with Crippen LogP contribution in [0.4, 0.5) is 14.5 Å². The molecule has 6 aromatic rings. The van der Waals surface area contributed by atoms with Crippen molar-refractivity contribution in [2.75, 3.05) is 17.6 Å². The lowest BCUT2D eigenvalue weighted by atomic mass is 9.98. The Bertz CT molecular complexity index is 2260. The average Bonchev–Trinajstić information content (AvgIpc) is 3.57. The lowest BCUT2D eigenvalue weighted by Gasteiger charge is -2.22. The molecule has 0 atom stereocenters. The molecule has 3 aromatic heterocycles. The van der Waals surface area contributed by atoms with Gasteiger partial charge in [0.1, 0.15) is 28.7 Å². The molecule has 44 heavy (non-hydrogen) atoms. The zero-order valence-electron chi connectivity index (χ0n) is 23.8. The van der Waals surface area contributed by atoms with E-state index in [9.17, 15) is 22.0 Å². The minimum atomic E-state index is -3.76. The summed E-state index contributed by atoms with van der Waals surface area (Å²) in [6, 6.07) is 15.0. The summed E-state index contributed by atoms with van der Waals surface area (Å²) in [7, 11) is -2.36. The summed E-state index contributed by atoms with van der Waals surface area (Å²) in [5.41, 5.74) is 3.46. The lowest BCUT2D eigenvalue weighted by Crippen LogP contribution is -2.25. The fourth-order valence-electron chi connectivity index (χ4n) is 5.51. The molecule has 9 nitrogen and oxygen atoms in total. The molecule has 0 bridgehead atoms. The maximum atomic E-state index is 14.0. The number of anilines is 1. The molecule has 12 heteroatoms. The Morgan fingerprint density at radius 2 is 1.80 bits per heavy atom. The number of carbonyl (C=O) groups is 1. The molecule has 0 unspecified atom stereocenters. The Hall–Kier alpha value is -5.10. The molecule has 0 radical (unpaired) electrons. The third kappa shape index (κ3) is 4.41. The highest BCUT2D eigenvalue weighted by Crippen LogP contribution is 2.43. The molecule has 0 amide bonds. The lowest BCUT2D eigenvalue weighted by molar-refractivity contribution is 0.0989. The van der Waals surface area contributed by atoms with Crippen molar-refractivity contribution in [2.24, 2.45) is 0 Å². The number of rotatable bonds is 6. The maximum Gasteiger partial charge on any atom is 0.232 e. The van der Waals surface area contributed by atoms with Gasteiger partial charge in [0, 0.05) is 41.4 Å². The topological polar surface area (TPSA) is 108 Å². The van der Waals surface area contributed by atoms with Crippen LogP contribution >= 0.6 is 0 Å². The quantitative estimate of drug-likeness (QED) is 0.190. The van der Waals surface area contributed by atoms with Gasteiger partial charge >= 0.3 is 0 Å². The third-order valence-corrected chi connectivity index (χ3v) is 8.99. The van der Waals surface area contributed by atoms with Crippen molar-refractivity contribution in [2.45, 2.75) is 20.1 Å². The normalized spacial score (nSPS) is 12.7. The summed E-state index contributed by atoms with van der Waals surface area (Å²) in [6.07, 6.45) is 2.74. The predicted octanol–water partition coefficient (Wildman–Crippen LogP) is 6.80. The summed E-state index contributed by atoms with van der Waals surface area (Å²) >= 11 is 0. The van der Waals surface area contributed by atoms with Crippen LogP contribution in [0.3, 0.4) is 0 Å². The molecule has 4 heterocycles. The molecule has 0 aliphatic carbocycles. The number of sulfonamides is 1. The zero-order valence-corrected chi connectivity index (χ0v) is 24.6. The number of hydrogen-bond acceptors (Lipinski definition) is 7. The van der Waals surface area contributed by atoms with Crippen LogP contribution in [0.2, 0.25) is 0 Å². The van der Waals surface area contributed by atoms with Gasteiger partial charge < -0.3 is 13.7 Å². The minimum absolute atomic E-state index is 0.168. The smallest absolute Gasteiger partial charge is 0.232 e. The van der Waals surface area contributed by atoms with Crippen molar-refractivity contribution in [3.63, 3.8) is 0 Å². The number of furan rings is 1. The Labute approximate surface area is 250 Å². The maximum absolute atomic E-state index is 14.0. The molecule has 0 N–H and O–H groups in total. The predicted molar refractivity (Wildman–Crippen MR) is 162 cm³/mol. The van der Waals surface area contributed by atoms with Crippen molar-refractivity contribution in [1.29, 1.82) is 0 Å². The second-order valence-electron chi connectivity index (χ2n) is 10.5. The number of hydrogen-bond donors (Lipinski definition) is 0. The van der Waals surface area contributed by atoms with Crippen LogP contribution in [0.15, 0.2) is 71.3 Å². The number of carbonyl (C=O) groups excluding carboxylic acids is 1. The number of aromatic nitrogens is 3. The Morgan fingerprint density at radius 1 is 1.05 bits per heavy atom. The van der Waals surface area contributed by atoms with Crippen molar-refractivity contribution in [1.82, 2.24) is 14.5 Å². The monoisotopic (exact) mass is 614 g/mol. The summed E-state index contributed by atoms with van der Waals surface area (Å²) in [6.45, 7) is 1.90. The molecule has 7 rings (SSSR count). The first-order valence-corrected chi connectivity index (χ1v) is 15.5. The van der Waals surface area contributed by atoms with E-state index in [2.05, 4.69) is 4.98 Å². The number of halogens is 2. The zero-order chi connectivity index (χ0) is 30.9. The van der Waals surface area contributed by atoms with Crippen molar-refractivity contribution < 1.29 is 31.1 Å². The molecule has 222 valence electrons. The number of benzene rings is 3. The SMILES string of the molecule is CCC(=O)c1c(-c2ccc(F)cc2)oc2cc(N(C)S(C)(=O)=O)c(-c3ncc4c(n3)-c3cc5cc(F)ccc5n3CO4)cc12. The van der Waals surface area contributed by atoms with Gasteiger partial charge in [-0.05, 0) is 54.6 Å². The van der Waals surface area contributed by atoms with Gasteiger partial charge in [-0.3, -0.25) is 9.10 Å².